The maximum atomic E-state index is 13.8. The van der Waals surface area contributed by atoms with Crippen LogP contribution in [0, 0.1) is 25.6 Å². The molecule has 1 N–H and O–H groups in total. The predicted molar refractivity (Wildman–Crippen MR) is 138 cm³/mol. The zero-order valence-corrected chi connectivity index (χ0v) is 21.4. The number of ether oxygens (including phenoxy) is 2. The monoisotopic (exact) mass is 495 g/mol. The molecule has 0 saturated heterocycles. The van der Waals surface area contributed by atoms with E-state index in [4.69, 9.17) is 21.7 Å². The van der Waals surface area contributed by atoms with Gasteiger partial charge in [0.15, 0.2) is 11.5 Å². The van der Waals surface area contributed by atoms with Crippen LogP contribution >= 0.6 is 12.2 Å². The second kappa shape index (κ2) is 11.4. The number of nitrogens with zero attached hydrogens (tertiary/aromatic N) is 1. The van der Waals surface area contributed by atoms with E-state index in [2.05, 4.69) is 4.98 Å². The lowest BCUT2D eigenvalue weighted by Crippen LogP contribution is -2.28. The minimum absolute atomic E-state index is 0.153. The number of esters is 1. The first-order chi connectivity index (χ1) is 16.6. The third-order valence-electron chi connectivity index (χ3n) is 6.04. The average molecular weight is 496 g/mol. The van der Waals surface area contributed by atoms with Crippen LogP contribution in [0.2, 0.25) is 0 Å². The summed E-state index contributed by atoms with van der Waals surface area (Å²) in [6.45, 7) is 7.42. The topological polar surface area (TPSA) is 68.7 Å². The molecule has 0 saturated carbocycles. The molecule has 184 valence electrons. The van der Waals surface area contributed by atoms with Crippen LogP contribution in [0.5, 0.6) is 11.5 Å². The molecule has 35 heavy (non-hydrogen) atoms. The van der Waals surface area contributed by atoms with Gasteiger partial charge in [-0.2, -0.15) is 0 Å². The molecule has 3 aromatic rings. The summed E-state index contributed by atoms with van der Waals surface area (Å²) in [6, 6.07) is 14.2. The van der Waals surface area contributed by atoms with Gasteiger partial charge in [-0.3, -0.25) is 9.78 Å². The minimum Gasteiger partial charge on any atom is -0.503 e. The molecule has 0 fully saturated rings. The molecule has 0 aliphatic heterocycles. The number of thiocarbonyl (C=S) groups is 1. The number of aromatic nitrogens is 1. The number of carbonyl (C=O) groups excluding carboxylic acids is 1. The molecule has 2 aromatic carbocycles. The summed E-state index contributed by atoms with van der Waals surface area (Å²) in [5.41, 5.74) is 3.98. The van der Waals surface area contributed by atoms with Gasteiger partial charge in [0.2, 0.25) is 0 Å². The van der Waals surface area contributed by atoms with Crippen LogP contribution in [-0.2, 0) is 9.53 Å². The molecule has 1 aromatic heterocycles. The number of hydrogen-bond donors (Lipinski definition) is 1. The van der Waals surface area contributed by atoms with E-state index in [9.17, 15) is 14.3 Å². The molecule has 3 atom stereocenters. The average Bonchev–Trinajstić information content (AvgIpc) is 2.81. The van der Waals surface area contributed by atoms with Crippen molar-refractivity contribution in [3.63, 3.8) is 0 Å². The second-order valence-electron chi connectivity index (χ2n) is 8.77. The van der Waals surface area contributed by atoms with Gasteiger partial charge < -0.3 is 14.6 Å². The van der Waals surface area contributed by atoms with E-state index in [0.717, 1.165) is 22.3 Å². The zero-order valence-electron chi connectivity index (χ0n) is 20.5. The van der Waals surface area contributed by atoms with Gasteiger partial charge in [0, 0.05) is 23.0 Å². The highest BCUT2D eigenvalue weighted by atomic mass is 32.1. The second-order valence-corrected chi connectivity index (χ2v) is 9.26. The maximum Gasteiger partial charge on any atom is 0.309 e. The van der Waals surface area contributed by atoms with Crippen molar-refractivity contribution in [1.82, 2.24) is 4.98 Å². The lowest BCUT2D eigenvalue weighted by molar-refractivity contribution is -0.153. The van der Waals surface area contributed by atoms with E-state index >= 15 is 0 Å². The fourth-order valence-electron chi connectivity index (χ4n) is 4.10. The number of hydrogen-bond acceptors (Lipinski definition) is 6. The standard InChI is InChI=1S/C28H30FNO4S/c1-16-6-8-20(9-7-16)25(22-11-10-21(29)14-17(22)2)19(4)34-28(32)18(3)15-24(35)26-27(31)23(33-5)12-13-30-26/h6-14,18-19,25,31H,15H2,1-5H3/t18-,19+,25+/m1/s1. The van der Waals surface area contributed by atoms with Crippen molar-refractivity contribution < 1.29 is 23.8 Å². The van der Waals surface area contributed by atoms with Crippen LogP contribution in [0.1, 0.15) is 54.1 Å². The molecule has 0 aliphatic carbocycles. The van der Waals surface area contributed by atoms with E-state index in [1.165, 1.54) is 31.5 Å². The highest BCUT2D eigenvalue weighted by Gasteiger charge is 2.29. The summed E-state index contributed by atoms with van der Waals surface area (Å²) in [7, 11) is 1.44. The van der Waals surface area contributed by atoms with Gasteiger partial charge in [0.1, 0.15) is 17.6 Å². The molecule has 0 bridgehead atoms. The summed E-state index contributed by atoms with van der Waals surface area (Å²) in [5.74, 6) is -1.46. The fourth-order valence-corrected chi connectivity index (χ4v) is 4.50. The van der Waals surface area contributed by atoms with Crippen LogP contribution in [0.15, 0.2) is 54.7 Å². The largest absolute Gasteiger partial charge is 0.503 e. The van der Waals surface area contributed by atoms with E-state index in [1.807, 2.05) is 45.0 Å². The van der Waals surface area contributed by atoms with E-state index in [1.54, 1.807) is 13.0 Å². The zero-order chi connectivity index (χ0) is 25.7. The Balaban J connectivity index is 1.80. The smallest absolute Gasteiger partial charge is 0.309 e. The molecule has 0 unspecified atom stereocenters. The molecule has 0 amide bonds. The van der Waals surface area contributed by atoms with Crippen molar-refractivity contribution >= 4 is 23.1 Å². The van der Waals surface area contributed by atoms with Crippen molar-refractivity contribution in [3.05, 3.63) is 88.5 Å². The van der Waals surface area contributed by atoms with Crippen LogP contribution in [0.25, 0.3) is 0 Å². The van der Waals surface area contributed by atoms with Gasteiger partial charge >= 0.3 is 5.97 Å². The van der Waals surface area contributed by atoms with Crippen molar-refractivity contribution in [3.8, 4) is 11.5 Å². The van der Waals surface area contributed by atoms with Crippen molar-refractivity contribution in [2.45, 2.75) is 46.1 Å². The van der Waals surface area contributed by atoms with E-state index in [0.29, 0.717) is 4.86 Å². The molecular formula is C28H30FNO4S. The number of carbonyl (C=O) groups is 1. The first-order valence-electron chi connectivity index (χ1n) is 11.4. The van der Waals surface area contributed by atoms with Crippen molar-refractivity contribution in [1.29, 1.82) is 0 Å². The number of halogens is 1. The highest BCUT2D eigenvalue weighted by Crippen LogP contribution is 2.34. The number of aromatic hydroxyl groups is 1. The Hall–Kier alpha value is -3.32. The van der Waals surface area contributed by atoms with Gasteiger partial charge in [-0.15, -0.1) is 0 Å². The molecule has 1 heterocycles. The first-order valence-corrected chi connectivity index (χ1v) is 11.8. The van der Waals surface area contributed by atoms with Crippen LogP contribution in [0.3, 0.4) is 0 Å². The summed E-state index contributed by atoms with van der Waals surface area (Å²) < 4.78 is 24.8. The van der Waals surface area contributed by atoms with Crippen LogP contribution < -0.4 is 4.74 Å². The summed E-state index contributed by atoms with van der Waals surface area (Å²) in [5, 5.41) is 10.3. The van der Waals surface area contributed by atoms with Crippen LogP contribution in [0.4, 0.5) is 4.39 Å². The Labute approximate surface area is 210 Å². The molecular weight excluding hydrogens is 465 g/mol. The van der Waals surface area contributed by atoms with Gasteiger partial charge in [0.05, 0.1) is 13.0 Å². The Bertz CT molecular complexity index is 1210. The van der Waals surface area contributed by atoms with Crippen LogP contribution in [-0.4, -0.2) is 34.1 Å². The Morgan fingerprint density at radius 2 is 1.80 bits per heavy atom. The van der Waals surface area contributed by atoms with Crippen molar-refractivity contribution in [2.75, 3.05) is 7.11 Å². The first kappa shape index (κ1) is 26.3. The minimum atomic E-state index is -0.565. The Morgan fingerprint density at radius 1 is 1.11 bits per heavy atom. The van der Waals surface area contributed by atoms with Gasteiger partial charge in [0.25, 0.3) is 0 Å². The summed E-state index contributed by atoms with van der Waals surface area (Å²) >= 11 is 5.45. The SMILES string of the molecule is COc1ccnc(C(=S)C[C@@H](C)C(=O)O[C@@H](C)[C@@H](c2ccc(C)cc2)c2ccc(F)cc2C)c1O. The number of methoxy groups -OCH3 is 1. The number of aryl methyl sites for hydroxylation is 2. The van der Waals surface area contributed by atoms with E-state index < -0.39 is 18.0 Å². The highest BCUT2D eigenvalue weighted by molar-refractivity contribution is 7.80. The summed E-state index contributed by atoms with van der Waals surface area (Å²) in [4.78, 5) is 17.5. The van der Waals surface area contributed by atoms with E-state index in [-0.39, 0.29) is 35.3 Å². The van der Waals surface area contributed by atoms with Gasteiger partial charge in [-0.1, -0.05) is 55.0 Å². The Morgan fingerprint density at radius 3 is 2.43 bits per heavy atom. The molecule has 7 heteroatoms. The molecule has 5 nitrogen and oxygen atoms in total. The molecule has 0 aliphatic rings. The maximum absolute atomic E-state index is 13.8. The molecule has 3 rings (SSSR count). The lowest BCUT2D eigenvalue weighted by atomic mass is 9.84. The quantitative estimate of drug-likeness (QED) is 0.221. The number of pyridine rings is 1. The number of rotatable bonds is 9. The third-order valence-corrected chi connectivity index (χ3v) is 6.40. The fraction of sp³-hybridized carbons (Fsp3) is 0.321. The van der Waals surface area contributed by atoms with Gasteiger partial charge in [-0.05, 0) is 56.0 Å². The lowest BCUT2D eigenvalue weighted by Gasteiger charge is -2.27. The predicted octanol–water partition coefficient (Wildman–Crippen LogP) is 6.06. The Kier molecular flexibility index (Phi) is 8.57. The third kappa shape index (κ3) is 6.22. The summed E-state index contributed by atoms with van der Waals surface area (Å²) in [6.07, 6.45) is 1.15. The number of benzene rings is 2. The molecule has 0 spiro atoms. The van der Waals surface area contributed by atoms with Gasteiger partial charge in [-0.25, -0.2) is 4.39 Å². The normalized spacial score (nSPS) is 13.5. The molecule has 0 radical (unpaired) electrons. The van der Waals surface area contributed by atoms with Crippen molar-refractivity contribution in [2.24, 2.45) is 5.92 Å².